The summed E-state index contributed by atoms with van der Waals surface area (Å²) in [4.78, 5) is 36.0. The van der Waals surface area contributed by atoms with Crippen molar-refractivity contribution < 1.29 is 19.2 Å². The van der Waals surface area contributed by atoms with Crippen molar-refractivity contribution in [3.8, 4) is 0 Å². The molecule has 0 fully saturated rings. The van der Waals surface area contributed by atoms with Gasteiger partial charge in [-0.05, 0) is 12.1 Å². The molecule has 11 heteroatoms. The van der Waals surface area contributed by atoms with Gasteiger partial charge in [0.15, 0.2) is 5.16 Å². The van der Waals surface area contributed by atoms with E-state index in [4.69, 9.17) is 9.52 Å². The fraction of sp³-hybridized carbons (Fsp3) is 0.125. The number of carboxylic acids is 1. The van der Waals surface area contributed by atoms with Crippen LogP contribution in [0.5, 0.6) is 0 Å². The molecule has 0 bridgehead atoms. The number of aromatic amines is 1. The molecule has 0 radical (unpaired) electrons. The molecule has 0 unspecified atom stereocenters. The molecule has 0 atom stereocenters. The minimum Gasteiger partial charge on any atom is -0.475 e. The van der Waals surface area contributed by atoms with Crippen LogP contribution in [0.3, 0.4) is 0 Å². The normalized spacial score (nSPS) is 10.7. The second-order valence-corrected chi connectivity index (χ2v) is 6.29. The number of nitro benzene ring substituents is 1. The first kappa shape index (κ1) is 18.3. The second kappa shape index (κ2) is 7.83. The molecule has 138 valence electrons. The Morgan fingerprint density at radius 1 is 1.26 bits per heavy atom. The number of nitrogens with zero attached hydrogens (tertiary/aromatic N) is 3. The van der Waals surface area contributed by atoms with Crippen molar-refractivity contribution in [2.24, 2.45) is 0 Å². The number of hydrogen-bond donors (Lipinski definition) is 2. The van der Waals surface area contributed by atoms with E-state index in [0.29, 0.717) is 11.3 Å². The predicted molar refractivity (Wildman–Crippen MR) is 93.8 cm³/mol. The van der Waals surface area contributed by atoms with E-state index in [1.54, 1.807) is 18.2 Å². The van der Waals surface area contributed by atoms with Crippen molar-refractivity contribution in [3.05, 3.63) is 79.6 Å². The fourth-order valence-corrected chi connectivity index (χ4v) is 2.95. The van der Waals surface area contributed by atoms with E-state index in [9.17, 15) is 19.7 Å². The highest BCUT2D eigenvalue weighted by Crippen LogP contribution is 2.21. The van der Waals surface area contributed by atoms with Gasteiger partial charge < -0.3 is 9.52 Å². The van der Waals surface area contributed by atoms with Gasteiger partial charge in [0.25, 0.3) is 11.2 Å². The summed E-state index contributed by atoms with van der Waals surface area (Å²) >= 11 is 1.11. The Balaban J connectivity index is 1.71. The number of benzene rings is 1. The number of aromatic nitrogens is 3. The Morgan fingerprint density at radius 2 is 2.04 bits per heavy atom. The van der Waals surface area contributed by atoms with Crippen molar-refractivity contribution in [2.45, 2.75) is 17.3 Å². The van der Waals surface area contributed by atoms with E-state index < -0.39 is 16.5 Å². The molecule has 0 amide bonds. The lowest BCUT2D eigenvalue weighted by molar-refractivity contribution is -0.385. The van der Waals surface area contributed by atoms with E-state index in [-0.39, 0.29) is 34.5 Å². The Bertz CT molecular complexity index is 1060. The predicted octanol–water partition coefficient (Wildman–Crippen LogP) is 2.25. The molecule has 0 spiro atoms. The van der Waals surface area contributed by atoms with Crippen LogP contribution in [0.25, 0.3) is 0 Å². The molecule has 0 saturated carbocycles. The number of H-pyrrole nitrogens is 1. The van der Waals surface area contributed by atoms with Crippen LogP contribution in [-0.2, 0) is 12.2 Å². The van der Waals surface area contributed by atoms with Crippen LogP contribution < -0.4 is 5.56 Å². The summed E-state index contributed by atoms with van der Waals surface area (Å²) in [5.74, 6) is -0.686. The maximum Gasteiger partial charge on any atom is 0.371 e. The van der Waals surface area contributed by atoms with Crippen LogP contribution in [0.1, 0.15) is 27.6 Å². The average Bonchev–Trinajstić information content (AvgIpc) is 3.12. The number of aromatic carboxylic acids is 1. The van der Waals surface area contributed by atoms with Crippen molar-refractivity contribution in [3.63, 3.8) is 0 Å². The minimum atomic E-state index is -1.17. The molecule has 0 aliphatic rings. The molecule has 0 aliphatic heterocycles. The number of nitro groups is 1. The largest absolute Gasteiger partial charge is 0.475 e. The summed E-state index contributed by atoms with van der Waals surface area (Å²) in [5.41, 5.74) is -0.181. The van der Waals surface area contributed by atoms with Crippen molar-refractivity contribution in [1.82, 2.24) is 15.2 Å². The third kappa shape index (κ3) is 4.39. The molecular weight excluding hydrogens is 376 g/mol. The van der Waals surface area contributed by atoms with E-state index in [2.05, 4.69) is 15.2 Å². The van der Waals surface area contributed by atoms with Crippen LogP contribution in [-0.4, -0.2) is 31.2 Å². The number of carbonyl (C=O) groups is 1. The molecule has 2 heterocycles. The van der Waals surface area contributed by atoms with E-state index in [1.807, 2.05) is 0 Å². The molecule has 0 aliphatic carbocycles. The summed E-state index contributed by atoms with van der Waals surface area (Å²) in [5, 5.41) is 27.8. The number of nitrogens with one attached hydrogen (secondary N) is 1. The summed E-state index contributed by atoms with van der Waals surface area (Å²) < 4.78 is 5.11. The molecule has 3 rings (SSSR count). The minimum absolute atomic E-state index is 0.0232. The lowest BCUT2D eigenvalue weighted by atomic mass is 10.1. The van der Waals surface area contributed by atoms with Crippen molar-refractivity contribution in [2.75, 3.05) is 0 Å². The maximum absolute atomic E-state index is 12.2. The third-order valence-corrected chi connectivity index (χ3v) is 4.40. The molecular formula is C16H12N4O6S. The SMILES string of the molecule is O=C(O)c1ccc(CSc2nnc(Cc3ccccc3[N+](=O)[O-])c(=O)[nH]2)o1. The number of thioether (sulfide) groups is 1. The molecule has 3 aromatic rings. The molecule has 27 heavy (non-hydrogen) atoms. The Labute approximate surface area is 155 Å². The van der Waals surface area contributed by atoms with Gasteiger partial charge in [-0.1, -0.05) is 30.0 Å². The van der Waals surface area contributed by atoms with Crippen molar-refractivity contribution >= 4 is 23.4 Å². The topological polar surface area (TPSA) is 152 Å². The highest BCUT2D eigenvalue weighted by atomic mass is 32.2. The highest BCUT2D eigenvalue weighted by molar-refractivity contribution is 7.98. The second-order valence-electron chi connectivity index (χ2n) is 5.33. The first-order valence-electron chi connectivity index (χ1n) is 7.57. The lowest BCUT2D eigenvalue weighted by Gasteiger charge is -2.03. The third-order valence-electron chi connectivity index (χ3n) is 3.51. The van der Waals surface area contributed by atoms with Crippen LogP contribution in [0, 0.1) is 10.1 Å². The first-order valence-corrected chi connectivity index (χ1v) is 8.55. The zero-order chi connectivity index (χ0) is 19.4. The van der Waals surface area contributed by atoms with Gasteiger partial charge in [-0.2, -0.15) is 0 Å². The number of para-hydroxylation sites is 1. The van der Waals surface area contributed by atoms with E-state index in [1.165, 1.54) is 18.2 Å². The number of hydrogen-bond acceptors (Lipinski definition) is 8. The Kier molecular flexibility index (Phi) is 5.31. The molecule has 2 aromatic heterocycles. The summed E-state index contributed by atoms with van der Waals surface area (Å²) in [7, 11) is 0. The Hall–Kier alpha value is -3.47. The van der Waals surface area contributed by atoms with Crippen LogP contribution in [0.4, 0.5) is 5.69 Å². The smallest absolute Gasteiger partial charge is 0.371 e. The first-order chi connectivity index (χ1) is 12.9. The van der Waals surface area contributed by atoms with E-state index >= 15 is 0 Å². The van der Waals surface area contributed by atoms with Gasteiger partial charge in [0.2, 0.25) is 5.76 Å². The number of furan rings is 1. The molecule has 10 nitrogen and oxygen atoms in total. The van der Waals surface area contributed by atoms with Crippen molar-refractivity contribution in [1.29, 1.82) is 0 Å². The van der Waals surface area contributed by atoms with Gasteiger partial charge in [-0.15, -0.1) is 10.2 Å². The highest BCUT2D eigenvalue weighted by Gasteiger charge is 2.16. The summed E-state index contributed by atoms with van der Waals surface area (Å²) in [6.45, 7) is 0. The van der Waals surface area contributed by atoms with Gasteiger partial charge in [-0.25, -0.2) is 4.79 Å². The summed E-state index contributed by atoms with van der Waals surface area (Å²) in [6, 6.07) is 8.95. The van der Waals surface area contributed by atoms with Crippen LogP contribution >= 0.6 is 11.8 Å². The monoisotopic (exact) mass is 388 g/mol. The van der Waals surface area contributed by atoms with Gasteiger partial charge >= 0.3 is 5.97 Å². The maximum atomic E-state index is 12.2. The average molecular weight is 388 g/mol. The van der Waals surface area contributed by atoms with E-state index in [0.717, 1.165) is 11.8 Å². The van der Waals surface area contributed by atoms with Gasteiger partial charge in [0.1, 0.15) is 11.5 Å². The number of carboxylic acid groups (broad SMARTS) is 1. The summed E-state index contributed by atoms with van der Waals surface area (Å²) in [6.07, 6.45) is -0.0232. The van der Waals surface area contributed by atoms with Crippen LogP contribution in [0.15, 0.2) is 50.8 Å². The standard InChI is InChI=1S/C16H12N4O6S/c21-14-11(7-9-3-1-2-4-12(9)20(24)25)18-19-16(17-14)27-8-10-5-6-13(26-10)15(22)23/h1-6H,7-8H2,(H,22,23)(H,17,19,21). The quantitative estimate of drug-likeness (QED) is 0.352. The van der Waals surface area contributed by atoms with Gasteiger partial charge in [0.05, 0.1) is 10.7 Å². The lowest BCUT2D eigenvalue weighted by Crippen LogP contribution is -2.18. The van der Waals surface area contributed by atoms with Crippen LogP contribution in [0.2, 0.25) is 0 Å². The van der Waals surface area contributed by atoms with Gasteiger partial charge in [-0.3, -0.25) is 19.9 Å². The molecule has 2 N–H and O–H groups in total. The zero-order valence-corrected chi connectivity index (χ0v) is 14.4. The molecule has 0 saturated heterocycles. The number of rotatable bonds is 7. The van der Waals surface area contributed by atoms with Gasteiger partial charge in [0, 0.05) is 18.1 Å². The Morgan fingerprint density at radius 3 is 2.70 bits per heavy atom. The molecule has 1 aromatic carbocycles. The fourth-order valence-electron chi connectivity index (χ4n) is 2.25. The zero-order valence-electron chi connectivity index (χ0n) is 13.6.